The molecule has 0 amide bonds. The highest BCUT2D eigenvalue weighted by molar-refractivity contribution is 5.77. The number of hydrogen-bond donors (Lipinski definition) is 2. The predicted octanol–water partition coefficient (Wildman–Crippen LogP) is 4.35. The van der Waals surface area contributed by atoms with E-state index in [2.05, 4.69) is 20.4 Å². The lowest BCUT2D eigenvalue weighted by atomic mass is 10.0. The molecule has 0 aliphatic heterocycles. The van der Waals surface area contributed by atoms with Crippen molar-refractivity contribution in [3.05, 3.63) is 59.5 Å². The van der Waals surface area contributed by atoms with E-state index in [9.17, 15) is 13.9 Å². The second kappa shape index (κ2) is 11.4. The number of aryl methyl sites for hydroxylation is 2. The van der Waals surface area contributed by atoms with Gasteiger partial charge in [-0.2, -0.15) is 8.78 Å². The summed E-state index contributed by atoms with van der Waals surface area (Å²) in [6, 6.07) is 7.24. The average Bonchev–Trinajstić information content (AvgIpc) is 3.24. The molecule has 1 unspecified atom stereocenters. The third kappa shape index (κ3) is 6.18. The average molecular weight is 540 g/mol. The van der Waals surface area contributed by atoms with E-state index in [0.717, 1.165) is 18.1 Å². The smallest absolute Gasteiger partial charge is 0.303 e. The fourth-order valence-electron chi connectivity index (χ4n) is 4.08. The van der Waals surface area contributed by atoms with Gasteiger partial charge in [-0.1, -0.05) is 17.3 Å². The van der Waals surface area contributed by atoms with E-state index in [1.54, 1.807) is 31.1 Å². The summed E-state index contributed by atoms with van der Waals surface area (Å²) in [7, 11) is 3.50. The van der Waals surface area contributed by atoms with Gasteiger partial charge in [-0.15, -0.1) is 0 Å². The molecule has 12 heteroatoms. The van der Waals surface area contributed by atoms with E-state index in [0.29, 0.717) is 52.3 Å². The molecule has 0 radical (unpaired) electrons. The molecule has 39 heavy (non-hydrogen) atoms. The number of likely N-dealkylation sites (N-methyl/N-ethyl adjacent to an activating group) is 1. The minimum Gasteiger partial charge on any atom is -0.491 e. The minimum absolute atomic E-state index is 0.115. The van der Waals surface area contributed by atoms with Crippen LogP contribution in [0.3, 0.4) is 0 Å². The van der Waals surface area contributed by atoms with E-state index in [-0.39, 0.29) is 6.61 Å². The maximum atomic E-state index is 13.7. The summed E-state index contributed by atoms with van der Waals surface area (Å²) < 4.78 is 38.5. The quantitative estimate of drug-likeness (QED) is 0.301. The number of aromatic nitrogens is 5. The Labute approximate surface area is 225 Å². The lowest BCUT2D eigenvalue weighted by Crippen LogP contribution is -2.29. The summed E-state index contributed by atoms with van der Waals surface area (Å²) in [5.74, 6) is -1.65. The zero-order valence-electron chi connectivity index (χ0n) is 22.7. The molecule has 0 spiro atoms. The molecule has 0 fully saturated rings. The van der Waals surface area contributed by atoms with Gasteiger partial charge in [0.1, 0.15) is 30.0 Å². The largest absolute Gasteiger partial charge is 0.491 e. The third-order valence-electron chi connectivity index (χ3n) is 6.10. The summed E-state index contributed by atoms with van der Waals surface area (Å²) in [5.41, 5.74) is 3.90. The Morgan fingerprint density at radius 1 is 1.15 bits per heavy atom. The van der Waals surface area contributed by atoms with E-state index in [4.69, 9.17) is 19.2 Å². The van der Waals surface area contributed by atoms with E-state index in [1.165, 1.54) is 12.4 Å². The molecule has 0 bridgehead atoms. The first-order valence-electron chi connectivity index (χ1n) is 12.3. The molecule has 1 aromatic carbocycles. The van der Waals surface area contributed by atoms with Crippen molar-refractivity contribution in [3.63, 3.8) is 0 Å². The number of ether oxygens (including phenoxy) is 1. The van der Waals surface area contributed by atoms with Gasteiger partial charge in [-0.3, -0.25) is 0 Å². The Morgan fingerprint density at radius 2 is 1.87 bits per heavy atom. The number of aliphatic hydroxyl groups is 1. The van der Waals surface area contributed by atoms with Crippen LogP contribution in [0.1, 0.15) is 29.8 Å². The van der Waals surface area contributed by atoms with E-state index < -0.39 is 17.9 Å². The summed E-state index contributed by atoms with van der Waals surface area (Å²) in [6.07, 6.45) is 2.00. The normalized spacial score (nSPS) is 12.4. The maximum Gasteiger partial charge on any atom is 0.303 e. The van der Waals surface area contributed by atoms with Crippen LogP contribution in [0.2, 0.25) is 0 Å². The fourth-order valence-corrected chi connectivity index (χ4v) is 4.08. The summed E-state index contributed by atoms with van der Waals surface area (Å²) in [4.78, 5) is 19.1. The number of hydrogen-bond acceptors (Lipinski definition) is 10. The number of benzene rings is 1. The van der Waals surface area contributed by atoms with Gasteiger partial charge in [0, 0.05) is 31.6 Å². The van der Waals surface area contributed by atoms with Crippen molar-refractivity contribution in [1.82, 2.24) is 30.4 Å². The van der Waals surface area contributed by atoms with Crippen molar-refractivity contribution in [2.24, 2.45) is 0 Å². The summed E-state index contributed by atoms with van der Waals surface area (Å²) in [6.45, 7) is 6.78. The number of nitrogens with zero attached hydrogens (tertiary/aromatic N) is 6. The molecular weight excluding hydrogens is 508 g/mol. The van der Waals surface area contributed by atoms with Crippen LogP contribution >= 0.6 is 0 Å². The number of alkyl halides is 2. The van der Waals surface area contributed by atoms with Gasteiger partial charge >= 0.3 is 5.92 Å². The van der Waals surface area contributed by atoms with Crippen LogP contribution in [0.15, 0.2) is 41.2 Å². The van der Waals surface area contributed by atoms with E-state index >= 15 is 0 Å². The Balaban J connectivity index is 1.80. The van der Waals surface area contributed by atoms with Crippen molar-refractivity contribution in [2.75, 3.05) is 32.1 Å². The topological polar surface area (TPSA) is 122 Å². The molecule has 4 rings (SSSR count). The van der Waals surface area contributed by atoms with Crippen LogP contribution in [0.25, 0.3) is 22.6 Å². The van der Waals surface area contributed by atoms with Gasteiger partial charge in [-0.05, 0) is 40.0 Å². The molecule has 206 valence electrons. The molecule has 0 aliphatic rings. The zero-order chi connectivity index (χ0) is 28.3. The van der Waals surface area contributed by atoms with Crippen LogP contribution < -0.4 is 15.0 Å². The summed E-state index contributed by atoms with van der Waals surface area (Å²) in [5, 5.41) is 17.0. The van der Waals surface area contributed by atoms with E-state index in [1.807, 2.05) is 32.9 Å². The van der Waals surface area contributed by atoms with Crippen molar-refractivity contribution in [2.45, 2.75) is 39.7 Å². The molecule has 1 atom stereocenters. The number of aliphatic hydroxyl groups excluding tert-OH is 1. The minimum atomic E-state index is -3.15. The van der Waals surface area contributed by atoms with Crippen molar-refractivity contribution < 1.29 is 23.1 Å². The van der Waals surface area contributed by atoms with Crippen LogP contribution in [0, 0.1) is 20.8 Å². The molecule has 10 nitrogen and oxygen atoms in total. The molecule has 0 saturated carbocycles. The van der Waals surface area contributed by atoms with Gasteiger partial charge in [0.2, 0.25) is 0 Å². The fraction of sp³-hybridized carbons (Fsp3) is 0.370. The number of rotatable bonds is 10. The van der Waals surface area contributed by atoms with Crippen LogP contribution in [0.4, 0.5) is 20.3 Å². The molecule has 3 heterocycles. The first kappa shape index (κ1) is 28.0. The Kier molecular flexibility index (Phi) is 8.17. The zero-order valence-corrected chi connectivity index (χ0v) is 22.7. The summed E-state index contributed by atoms with van der Waals surface area (Å²) >= 11 is 0. The van der Waals surface area contributed by atoms with Gasteiger partial charge in [-0.25, -0.2) is 19.9 Å². The highest BCUT2D eigenvalue weighted by atomic mass is 19.3. The molecule has 0 aliphatic carbocycles. The second-order valence-electron chi connectivity index (χ2n) is 9.31. The van der Waals surface area contributed by atoms with Gasteiger partial charge in [0.15, 0.2) is 11.6 Å². The molecule has 4 aromatic rings. The molecular formula is C27H31F2N7O3. The number of anilines is 2. The van der Waals surface area contributed by atoms with Gasteiger partial charge in [0.05, 0.1) is 35.0 Å². The van der Waals surface area contributed by atoms with Crippen molar-refractivity contribution >= 4 is 11.5 Å². The standard InChI is InChI=1S/C27H31F2N7O3/c1-15-23(22-16(2)35-39-17(22)3)33-24(18-8-7-9-21(10-18)38-14-20(37)13-30-5)34-25(15)36(6)19-11-31-26(32-12-19)27(4,28)29/h7-12,20,30,37H,13-14H2,1-6H3. The van der Waals surface area contributed by atoms with Crippen molar-refractivity contribution in [3.8, 4) is 28.4 Å². The van der Waals surface area contributed by atoms with Crippen molar-refractivity contribution in [1.29, 1.82) is 0 Å². The van der Waals surface area contributed by atoms with Gasteiger partial charge in [0.25, 0.3) is 0 Å². The number of halogens is 2. The first-order valence-corrected chi connectivity index (χ1v) is 12.3. The first-order chi connectivity index (χ1) is 18.5. The lowest BCUT2D eigenvalue weighted by Gasteiger charge is -2.22. The second-order valence-corrected chi connectivity index (χ2v) is 9.31. The maximum absolute atomic E-state index is 13.7. The Morgan fingerprint density at radius 3 is 2.49 bits per heavy atom. The van der Waals surface area contributed by atoms with Crippen LogP contribution in [-0.4, -0.2) is 63.6 Å². The third-order valence-corrected chi connectivity index (χ3v) is 6.10. The SMILES string of the molecule is CNCC(O)COc1cccc(-c2nc(-c3c(C)noc3C)c(C)c(N(C)c3cnc(C(C)(F)F)nc3)n2)c1. The highest BCUT2D eigenvalue weighted by Crippen LogP contribution is 2.36. The Bertz CT molecular complexity index is 1420. The van der Waals surface area contributed by atoms with Gasteiger partial charge < -0.3 is 24.6 Å². The lowest BCUT2D eigenvalue weighted by molar-refractivity contribution is 0.00770. The predicted molar refractivity (Wildman–Crippen MR) is 142 cm³/mol. The van der Waals surface area contributed by atoms with Crippen LogP contribution in [0.5, 0.6) is 5.75 Å². The molecule has 3 aromatic heterocycles. The Hall–Kier alpha value is -4.03. The number of nitrogens with one attached hydrogen (secondary N) is 1. The monoisotopic (exact) mass is 539 g/mol. The molecule has 2 N–H and O–H groups in total. The highest BCUT2D eigenvalue weighted by Gasteiger charge is 2.28. The van der Waals surface area contributed by atoms with Crippen LogP contribution in [-0.2, 0) is 5.92 Å². The molecule has 0 saturated heterocycles.